The lowest BCUT2D eigenvalue weighted by Gasteiger charge is -2.35. The summed E-state index contributed by atoms with van der Waals surface area (Å²) >= 11 is 0. The van der Waals surface area contributed by atoms with Gasteiger partial charge in [0.05, 0.1) is 6.26 Å². The molecule has 0 radical (unpaired) electrons. The summed E-state index contributed by atoms with van der Waals surface area (Å²) < 4.78 is 25.2. The van der Waals surface area contributed by atoms with Crippen LogP contribution in [0.2, 0.25) is 0 Å². The van der Waals surface area contributed by atoms with Gasteiger partial charge < -0.3 is 4.90 Å². The van der Waals surface area contributed by atoms with Crippen LogP contribution in [-0.2, 0) is 16.4 Å². The van der Waals surface area contributed by atoms with Crippen molar-refractivity contribution in [1.82, 2.24) is 14.3 Å². The van der Waals surface area contributed by atoms with E-state index in [9.17, 15) is 8.42 Å². The minimum atomic E-state index is -3.15. The Morgan fingerprint density at radius 2 is 1.61 bits per heavy atom. The lowest BCUT2D eigenvalue weighted by Crippen LogP contribution is -2.49. The number of nitrogens with zero attached hydrogens (tertiary/aromatic N) is 4. The number of piperazine rings is 1. The summed E-state index contributed by atoms with van der Waals surface area (Å²) in [6.45, 7) is 10.6. The van der Waals surface area contributed by atoms with E-state index < -0.39 is 10.0 Å². The molecule has 1 aliphatic heterocycles. The molecular formula is C21H30N4O2S. The van der Waals surface area contributed by atoms with E-state index in [2.05, 4.69) is 49.9 Å². The summed E-state index contributed by atoms with van der Waals surface area (Å²) in [6.07, 6.45) is 2.04. The van der Waals surface area contributed by atoms with Crippen LogP contribution in [0, 0.1) is 13.8 Å². The smallest absolute Gasteiger partial charge is 0.211 e. The summed E-state index contributed by atoms with van der Waals surface area (Å²) in [5.74, 6) is 2.03. The van der Waals surface area contributed by atoms with Crippen LogP contribution in [0.3, 0.4) is 0 Å². The molecule has 0 spiro atoms. The van der Waals surface area contributed by atoms with Crippen molar-refractivity contribution in [3.8, 4) is 0 Å². The highest BCUT2D eigenvalue weighted by atomic mass is 32.2. The lowest BCUT2D eigenvalue weighted by atomic mass is 10.0. The second-order valence-corrected chi connectivity index (χ2v) is 9.92. The summed E-state index contributed by atoms with van der Waals surface area (Å²) in [4.78, 5) is 11.9. The van der Waals surface area contributed by atoms with Crippen LogP contribution in [0.5, 0.6) is 0 Å². The fraction of sp³-hybridized carbons (Fsp3) is 0.524. The molecule has 0 aliphatic carbocycles. The molecule has 2 heterocycles. The van der Waals surface area contributed by atoms with Crippen molar-refractivity contribution >= 4 is 15.8 Å². The van der Waals surface area contributed by atoms with Crippen LogP contribution in [0.15, 0.2) is 24.3 Å². The van der Waals surface area contributed by atoms with Gasteiger partial charge in [-0.15, -0.1) is 0 Å². The Kier molecular flexibility index (Phi) is 6.05. The number of rotatable bonds is 5. The molecule has 1 aromatic carbocycles. The first-order chi connectivity index (χ1) is 13.1. The van der Waals surface area contributed by atoms with Crippen LogP contribution in [-0.4, -0.2) is 55.1 Å². The topological polar surface area (TPSA) is 66.4 Å². The van der Waals surface area contributed by atoms with Gasteiger partial charge in [0.25, 0.3) is 0 Å². The van der Waals surface area contributed by atoms with E-state index >= 15 is 0 Å². The molecule has 0 unspecified atom stereocenters. The Morgan fingerprint density at radius 3 is 2.14 bits per heavy atom. The average Bonchev–Trinajstić information content (AvgIpc) is 2.64. The fourth-order valence-electron chi connectivity index (χ4n) is 3.47. The van der Waals surface area contributed by atoms with E-state index in [1.165, 1.54) is 17.4 Å². The first kappa shape index (κ1) is 20.7. The van der Waals surface area contributed by atoms with Gasteiger partial charge in [0.1, 0.15) is 11.6 Å². The third-order valence-corrected chi connectivity index (χ3v) is 6.54. The minimum absolute atomic E-state index is 0.239. The SMILES string of the molecule is Cc1ccc(Cc2c(C)nc(C(C)C)nc2N2CCN(S(C)(=O)=O)CC2)cc1. The molecule has 6 nitrogen and oxygen atoms in total. The van der Waals surface area contributed by atoms with Crippen LogP contribution < -0.4 is 4.90 Å². The van der Waals surface area contributed by atoms with Crippen LogP contribution >= 0.6 is 0 Å². The number of aromatic nitrogens is 2. The van der Waals surface area contributed by atoms with Gasteiger partial charge in [-0.2, -0.15) is 4.31 Å². The first-order valence-corrected chi connectivity index (χ1v) is 11.6. The van der Waals surface area contributed by atoms with Crippen molar-refractivity contribution in [1.29, 1.82) is 0 Å². The van der Waals surface area contributed by atoms with Crippen LogP contribution in [0.25, 0.3) is 0 Å². The van der Waals surface area contributed by atoms with Gasteiger partial charge in [0, 0.05) is 49.8 Å². The molecule has 28 heavy (non-hydrogen) atoms. The summed E-state index contributed by atoms with van der Waals surface area (Å²) in [5.41, 5.74) is 4.59. The molecule has 0 atom stereocenters. The quantitative estimate of drug-likeness (QED) is 0.769. The van der Waals surface area contributed by atoms with Crippen molar-refractivity contribution < 1.29 is 8.42 Å². The Hall–Kier alpha value is -1.99. The minimum Gasteiger partial charge on any atom is -0.354 e. The number of hydrogen-bond acceptors (Lipinski definition) is 5. The highest BCUT2D eigenvalue weighted by Gasteiger charge is 2.26. The largest absolute Gasteiger partial charge is 0.354 e. The fourth-order valence-corrected chi connectivity index (χ4v) is 4.30. The van der Waals surface area contributed by atoms with E-state index in [-0.39, 0.29) is 5.92 Å². The number of benzene rings is 1. The van der Waals surface area contributed by atoms with E-state index in [1.54, 1.807) is 4.31 Å². The number of aryl methyl sites for hydroxylation is 2. The van der Waals surface area contributed by atoms with Crippen molar-refractivity contribution in [3.63, 3.8) is 0 Å². The van der Waals surface area contributed by atoms with Crippen LogP contribution in [0.4, 0.5) is 5.82 Å². The van der Waals surface area contributed by atoms with Crippen molar-refractivity contribution in [3.05, 3.63) is 52.5 Å². The molecule has 1 aromatic heterocycles. The summed E-state index contributed by atoms with van der Waals surface area (Å²) in [5, 5.41) is 0. The number of sulfonamides is 1. The highest BCUT2D eigenvalue weighted by Crippen LogP contribution is 2.27. The molecule has 3 rings (SSSR count). The lowest BCUT2D eigenvalue weighted by molar-refractivity contribution is 0.386. The molecule has 7 heteroatoms. The van der Waals surface area contributed by atoms with Gasteiger partial charge in [0.15, 0.2) is 0 Å². The van der Waals surface area contributed by atoms with E-state index in [1.807, 2.05) is 6.92 Å². The Balaban J connectivity index is 1.94. The molecule has 0 amide bonds. The molecule has 0 N–H and O–H groups in total. The van der Waals surface area contributed by atoms with Crippen molar-refractivity contribution in [2.75, 3.05) is 37.3 Å². The summed E-state index contributed by atoms with van der Waals surface area (Å²) in [7, 11) is -3.15. The van der Waals surface area contributed by atoms with Gasteiger partial charge in [0.2, 0.25) is 10.0 Å². The van der Waals surface area contributed by atoms with Gasteiger partial charge >= 0.3 is 0 Å². The summed E-state index contributed by atoms with van der Waals surface area (Å²) in [6, 6.07) is 8.55. The first-order valence-electron chi connectivity index (χ1n) is 9.78. The predicted molar refractivity (Wildman–Crippen MR) is 113 cm³/mol. The normalized spacial score (nSPS) is 16.0. The van der Waals surface area contributed by atoms with Crippen molar-refractivity contribution in [2.24, 2.45) is 0 Å². The molecular weight excluding hydrogens is 372 g/mol. The average molecular weight is 403 g/mol. The maximum Gasteiger partial charge on any atom is 0.211 e. The Labute approximate surface area is 168 Å². The predicted octanol–water partition coefficient (Wildman–Crippen LogP) is 2.89. The Bertz CT molecular complexity index is 932. The molecule has 152 valence electrons. The van der Waals surface area contributed by atoms with Gasteiger partial charge in [-0.3, -0.25) is 0 Å². The van der Waals surface area contributed by atoms with E-state index in [0.29, 0.717) is 26.2 Å². The third-order valence-electron chi connectivity index (χ3n) is 5.23. The zero-order valence-corrected chi connectivity index (χ0v) is 18.3. The van der Waals surface area contributed by atoms with E-state index in [4.69, 9.17) is 9.97 Å². The zero-order chi connectivity index (χ0) is 20.5. The third kappa shape index (κ3) is 4.70. The number of hydrogen-bond donors (Lipinski definition) is 0. The van der Waals surface area contributed by atoms with Crippen LogP contribution in [0.1, 0.15) is 48.0 Å². The maximum absolute atomic E-state index is 11.8. The number of anilines is 1. The van der Waals surface area contributed by atoms with E-state index in [0.717, 1.165) is 29.3 Å². The van der Waals surface area contributed by atoms with Gasteiger partial charge in [-0.25, -0.2) is 18.4 Å². The monoisotopic (exact) mass is 402 g/mol. The second kappa shape index (κ2) is 8.17. The van der Waals surface area contributed by atoms with Crippen molar-refractivity contribution in [2.45, 2.75) is 40.0 Å². The zero-order valence-electron chi connectivity index (χ0n) is 17.4. The molecule has 0 bridgehead atoms. The Morgan fingerprint density at radius 1 is 1.00 bits per heavy atom. The molecule has 1 saturated heterocycles. The molecule has 2 aromatic rings. The molecule has 1 aliphatic rings. The maximum atomic E-state index is 11.8. The molecule has 1 fully saturated rings. The molecule has 0 saturated carbocycles. The highest BCUT2D eigenvalue weighted by molar-refractivity contribution is 7.88. The second-order valence-electron chi connectivity index (χ2n) is 7.94. The standard InChI is InChI=1S/C21H30N4O2S/c1-15(2)20-22-17(4)19(14-18-8-6-16(3)7-9-18)21(23-20)24-10-12-25(13-11-24)28(5,26)27/h6-9,15H,10-14H2,1-5H3. The van der Waals surface area contributed by atoms with Gasteiger partial charge in [-0.05, 0) is 19.4 Å². The van der Waals surface area contributed by atoms with Gasteiger partial charge in [-0.1, -0.05) is 43.7 Å².